The van der Waals surface area contributed by atoms with Crippen LogP contribution in [0.5, 0.6) is 0 Å². The molecule has 1 heterocycles. The van der Waals surface area contributed by atoms with Gasteiger partial charge in [0.2, 0.25) is 11.0 Å². The molecule has 0 aliphatic heterocycles. The SMILES string of the molecule is CC(C)c1nnc(NC(=O)c2ccc(NC(=O)C3CC3C)cc2)s1. The Bertz CT molecular complexity index is 754. The first kappa shape index (κ1) is 16.6. The number of carbonyl (C=O) groups excluding carboxylic acids is 2. The van der Waals surface area contributed by atoms with Gasteiger partial charge < -0.3 is 5.32 Å². The van der Waals surface area contributed by atoms with Crippen LogP contribution in [0.15, 0.2) is 24.3 Å². The molecule has 6 nitrogen and oxygen atoms in total. The fourth-order valence-electron chi connectivity index (χ4n) is 2.32. The molecule has 1 fully saturated rings. The molecule has 0 radical (unpaired) electrons. The number of nitrogens with zero attached hydrogens (tertiary/aromatic N) is 2. The van der Waals surface area contributed by atoms with Crippen molar-refractivity contribution in [3.05, 3.63) is 34.8 Å². The molecule has 126 valence electrons. The molecule has 2 aromatic rings. The lowest BCUT2D eigenvalue weighted by Gasteiger charge is -2.06. The van der Waals surface area contributed by atoms with Crippen LogP contribution in [0, 0.1) is 11.8 Å². The highest BCUT2D eigenvalue weighted by molar-refractivity contribution is 7.15. The maximum atomic E-state index is 12.2. The van der Waals surface area contributed by atoms with Crippen molar-refractivity contribution in [2.24, 2.45) is 11.8 Å². The minimum Gasteiger partial charge on any atom is -0.326 e. The van der Waals surface area contributed by atoms with Crippen LogP contribution in [0.1, 0.15) is 48.5 Å². The van der Waals surface area contributed by atoms with Crippen LogP contribution in [0.3, 0.4) is 0 Å². The van der Waals surface area contributed by atoms with Crippen LogP contribution in [-0.4, -0.2) is 22.0 Å². The van der Waals surface area contributed by atoms with Crippen molar-refractivity contribution in [2.45, 2.75) is 33.1 Å². The molecule has 0 bridgehead atoms. The summed E-state index contributed by atoms with van der Waals surface area (Å²) in [7, 11) is 0. The van der Waals surface area contributed by atoms with E-state index in [2.05, 4.69) is 27.8 Å². The van der Waals surface area contributed by atoms with E-state index < -0.39 is 0 Å². The second kappa shape index (κ2) is 6.68. The van der Waals surface area contributed by atoms with Gasteiger partial charge in [-0.1, -0.05) is 32.1 Å². The van der Waals surface area contributed by atoms with Crippen molar-refractivity contribution in [1.29, 1.82) is 0 Å². The maximum absolute atomic E-state index is 12.2. The van der Waals surface area contributed by atoms with E-state index in [0.29, 0.717) is 22.3 Å². The Morgan fingerprint density at radius 3 is 2.38 bits per heavy atom. The number of carbonyl (C=O) groups is 2. The van der Waals surface area contributed by atoms with Gasteiger partial charge in [-0.25, -0.2) is 0 Å². The first-order valence-electron chi connectivity index (χ1n) is 7.99. The molecule has 0 saturated heterocycles. The van der Waals surface area contributed by atoms with E-state index in [1.807, 2.05) is 13.8 Å². The van der Waals surface area contributed by atoms with Crippen molar-refractivity contribution in [1.82, 2.24) is 10.2 Å². The van der Waals surface area contributed by atoms with Gasteiger partial charge in [-0.15, -0.1) is 10.2 Å². The van der Waals surface area contributed by atoms with Gasteiger partial charge in [-0.3, -0.25) is 14.9 Å². The van der Waals surface area contributed by atoms with Gasteiger partial charge in [0.25, 0.3) is 5.91 Å². The van der Waals surface area contributed by atoms with E-state index in [1.165, 1.54) is 11.3 Å². The zero-order valence-electron chi connectivity index (χ0n) is 13.9. The summed E-state index contributed by atoms with van der Waals surface area (Å²) in [4.78, 5) is 24.1. The number of hydrogen-bond acceptors (Lipinski definition) is 5. The lowest BCUT2D eigenvalue weighted by molar-refractivity contribution is -0.117. The van der Waals surface area contributed by atoms with Crippen LogP contribution in [0.4, 0.5) is 10.8 Å². The van der Waals surface area contributed by atoms with E-state index >= 15 is 0 Å². The molecule has 2 atom stereocenters. The highest BCUT2D eigenvalue weighted by Crippen LogP contribution is 2.38. The topological polar surface area (TPSA) is 84.0 Å². The lowest BCUT2D eigenvalue weighted by atomic mass is 10.2. The summed E-state index contributed by atoms with van der Waals surface area (Å²) < 4.78 is 0. The number of amides is 2. The molecule has 1 aromatic heterocycles. The van der Waals surface area contributed by atoms with Crippen molar-refractivity contribution in [3.63, 3.8) is 0 Å². The van der Waals surface area contributed by atoms with Crippen LogP contribution in [0.25, 0.3) is 0 Å². The Balaban J connectivity index is 1.59. The minimum atomic E-state index is -0.241. The Kier molecular flexibility index (Phi) is 4.62. The lowest BCUT2D eigenvalue weighted by Crippen LogP contribution is -2.15. The molecule has 1 saturated carbocycles. The van der Waals surface area contributed by atoms with Gasteiger partial charge in [0.1, 0.15) is 5.01 Å². The van der Waals surface area contributed by atoms with E-state index in [0.717, 1.165) is 11.4 Å². The average Bonchev–Trinajstić information content (AvgIpc) is 3.09. The van der Waals surface area contributed by atoms with Gasteiger partial charge in [-0.2, -0.15) is 0 Å². The zero-order chi connectivity index (χ0) is 17.3. The molecular formula is C17H20N4O2S. The van der Waals surface area contributed by atoms with Gasteiger partial charge in [0, 0.05) is 23.1 Å². The van der Waals surface area contributed by atoms with E-state index in [1.54, 1.807) is 24.3 Å². The summed E-state index contributed by atoms with van der Waals surface area (Å²) in [5.41, 5.74) is 1.21. The molecule has 1 aliphatic carbocycles. The molecule has 2 unspecified atom stereocenters. The van der Waals surface area contributed by atoms with E-state index in [-0.39, 0.29) is 23.7 Å². The molecule has 2 amide bonds. The Hall–Kier alpha value is -2.28. The summed E-state index contributed by atoms with van der Waals surface area (Å²) in [6, 6.07) is 6.84. The normalized spacial score (nSPS) is 19.2. The number of anilines is 2. The molecule has 3 rings (SSSR count). The molecule has 2 N–H and O–H groups in total. The second-order valence-corrected chi connectivity index (χ2v) is 7.45. The van der Waals surface area contributed by atoms with E-state index in [4.69, 9.17) is 0 Å². The standard InChI is InChI=1S/C17H20N4O2S/c1-9(2)16-20-21-17(24-16)19-14(22)11-4-6-12(7-5-11)18-15(23)13-8-10(13)3/h4-7,9-10,13H,8H2,1-3H3,(H,18,23)(H,19,21,22). The number of rotatable bonds is 5. The quantitative estimate of drug-likeness (QED) is 0.869. The summed E-state index contributed by atoms with van der Waals surface area (Å²) in [5, 5.41) is 15.0. The first-order valence-corrected chi connectivity index (χ1v) is 8.81. The molecular weight excluding hydrogens is 324 g/mol. The predicted molar refractivity (Wildman–Crippen MR) is 94.3 cm³/mol. The molecule has 1 aliphatic rings. The monoisotopic (exact) mass is 344 g/mol. The average molecular weight is 344 g/mol. The Labute approximate surface area is 144 Å². The number of aromatic nitrogens is 2. The maximum Gasteiger partial charge on any atom is 0.257 e. The third-order valence-electron chi connectivity index (χ3n) is 4.02. The largest absolute Gasteiger partial charge is 0.326 e. The fraction of sp³-hybridized carbons (Fsp3) is 0.412. The van der Waals surface area contributed by atoms with Gasteiger partial charge in [0.15, 0.2) is 0 Å². The summed E-state index contributed by atoms with van der Waals surface area (Å²) in [5.74, 6) is 0.688. The van der Waals surface area contributed by atoms with Crippen LogP contribution in [-0.2, 0) is 4.79 Å². The number of hydrogen-bond donors (Lipinski definition) is 2. The van der Waals surface area contributed by atoms with Crippen LogP contribution in [0.2, 0.25) is 0 Å². The molecule has 24 heavy (non-hydrogen) atoms. The number of benzene rings is 1. The van der Waals surface area contributed by atoms with Crippen molar-refractivity contribution >= 4 is 34.0 Å². The second-order valence-electron chi connectivity index (χ2n) is 6.44. The first-order chi connectivity index (χ1) is 11.4. The Morgan fingerprint density at radius 1 is 1.17 bits per heavy atom. The number of nitrogens with one attached hydrogen (secondary N) is 2. The summed E-state index contributed by atoms with van der Waals surface area (Å²) in [6.45, 7) is 6.12. The molecule has 0 spiro atoms. The van der Waals surface area contributed by atoms with Gasteiger partial charge in [0.05, 0.1) is 0 Å². The fourth-order valence-corrected chi connectivity index (χ4v) is 3.06. The van der Waals surface area contributed by atoms with Crippen molar-refractivity contribution in [3.8, 4) is 0 Å². The molecule has 7 heteroatoms. The van der Waals surface area contributed by atoms with Crippen LogP contribution < -0.4 is 10.6 Å². The molecule has 1 aromatic carbocycles. The third kappa shape index (κ3) is 3.79. The van der Waals surface area contributed by atoms with Crippen molar-refractivity contribution in [2.75, 3.05) is 10.6 Å². The van der Waals surface area contributed by atoms with Crippen molar-refractivity contribution < 1.29 is 9.59 Å². The van der Waals surface area contributed by atoms with Gasteiger partial charge in [-0.05, 0) is 36.6 Å². The highest BCUT2D eigenvalue weighted by atomic mass is 32.1. The van der Waals surface area contributed by atoms with E-state index in [9.17, 15) is 9.59 Å². The smallest absolute Gasteiger partial charge is 0.257 e. The highest BCUT2D eigenvalue weighted by Gasteiger charge is 2.39. The van der Waals surface area contributed by atoms with Gasteiger partial charge >= 0.3 is 0 Å². The third-order valence-corrected chi connectivity index (χ3v) is 5.16. The zero-order valence-corrected chi connectivity index (χ0v) is 14.7. The minimum absolute atomic E-state index is 0.0507. The summed E-state index contributed by atoms with van der Waals surface area (Å²) in [6.07, 6.45) is 0.951. The van der Waals surface area contributed by atoms with Crippen LogP contribution >= 0.6 is 11.3 Å². The predicted octanol–water partition coefficient (Wildman–Crippen LogP) is 3.51. The summed E-state index contributed by atoms with van der Waals surface area (Å²) >= 11 is 1.37. The Morgan fingerprint density at radius 2 is 1.83 bits per heavy atom.